The third kappa shape index (κ3) is 4.10. The molecule has 0 saturated heterocycles. The van der Waals surface area contributed by atoms with Gasteiger partial charge in [-0.2, -0.15) is 8.42 Å². The predicted octanol–water partition coefficient (Wildman–Crippen LogP) is -3.79. The standard InChI is InChI=1S/C7H5NO7S.K/c9-7(10)5-2-1-4(8(11)12)3-6(5)16(13,14)15;/h1-3H,(H,9,10)(H,13,14,15);/q;+1/p-1. The van der Waals surface area contributed by atoms with Gasteiger partial charge in [-0.25, -0.2) is 0 Å². The molecule has 0 bridgehead atoms. The van der Waals surface area contributed by atoms with E-state index in [-0.39, 0.29) is 51.4 Å². The van der Waals surface area contributed by atoms with Crippen molar-refractivity contribution in [3.05, 3.63) is 33.9 Å². The van der Waals surface area contributed by atoms with Gasteiger partial charge in [-0.15, -0.1) is 0 Å². The number of rotatable bonds is 3. The van der Waals surface area contributed by atoms with Crippen LogP contribution in [0.15, 0.2) is 23.1 Å². The molecular weight excluding hydrogens is 281 g/mol. The molecule has 1 aromatic carbocycles. The van der Waals surface area contributed by atoms with E-state index in [1.807, 2.05) is 0 Å². The average molecular weight is 285 g/mol. The van der Waals surface area contributed by atoms with Crippen molar-refractivity contribution < 1.29 is 79.2 Å². The molecule has 17 heavy (non-hydrogen) atoms. The van der Waals surface area contributed by atoms with E-state index < -0.39 is 37.2 Å². The summed E-state index contributed by atoms with van der Waals surface area (Å²) < 4.78 is 30.2. The van der Waals surface area contributed by atoms with Crippen LogP contribution in [0, 0.1) is 10.1 Å². The SMILES string of the molecule is O=C([O-])c1ccc([N+](=O)[O-])cc1S(=O)(=O)O.[K+]. The van der Waals surface area contributed by atoms with Gasteiger partial charge in [0, 0.05) is 17.7 Å². The Hall–Kier alpha value is -0.364. The molecule has 8 nitrogen and oxygen atoms in total. The Morgan fingerprint density at radius 3 is 2.24 bits per heavy atom. The van der Waals surface area contributed by atoms with Crippen molar-refractivity contribution in [3.63, 3.8) is 0 Å². The van der Waals surface area contributed by atoms with E-state index in [9.17, 15) is 28.4 Å². The van der Waals surface area contributed by atoms with Crippen molar-refractivity contribution in [1.82, 2.24) is 0 Å². The molecule has 10 heteroatoms. The second-order valence-electron chi connectivity index (χ2n) is 2.70. The normalized spacial score (nSPS) is 10.4. The quantitative estimate of drug-likeness (QED) is 0.260. The summed E-state index contributed by atoms with van der Waals surface area (Å²) in [7, 11) is -4.86. The molecule has 1 N–H and O–H groups in total. The molecule has 0 aromatic heterocycles. The van der Waals surface area contributed by atoms with Gasteiger partial charge in [0.2, 0.25) is 0 Å². The van der Waals surface area contributed by atoms with Gasteiger partial charge in [-0.05, 0) is 6.07 Å². The minimum Gasteiger partial charge on any atom is -0.545 e. The number of carbonyl (C=O) groups excluding carboxylic acids is 1. The minimum absolute atomic E-state index is 0. The number of nitro benzene ring substituents is 1. The van der Waals surface area contributed by atoms with Crippen LogP contribution in [0.25, 0.3) is 0 Å². The monoisotopic (exact) mass is 285 g/mol. The Labute approximate surface area is 138 Å². The van der Waals surface area contributed by atoms with Crippen LogP contribution < -0.4 is 56.5 Å². The summed E-state index contributed by atoms with van der Waals surface area (Å²) in [5, 5.41) is 20.8. The zero-order valence-corrected chi connectivity index (χ0v) is 12.4. The first kappa shape index (κ1) is 16.6. The molecule has 0 spiro atoms. The van der Waals surface area contributed by atoms with E-state index >= 15 is 0 Å². The molecule has 0 unspecified atom stereocenters. The summed E-state index contributed by atoms with van der Waals surface area (Å²) in [5.74, 6) is -1.86. The summed E-state index contributed by atoms with van der Waals surface area (Å²) in [4.78, 5) is 18.8. The molecule has 0 aliphatic heterocycles. The number of carbonyl (C=O) groups is 1. The fraction of sp³-hybridized carbons (Fsp3) is 0. The van der Waals surface area contributed by atoms with Crippen LogP contribution in [0.5, 0.6) is 0 Å². The molecule has 0 fully saturated rings. The number of hydrogen-bond donors (Lipinski definition) is 1. The third-order valence-electron chi connectivity index (χ3n) is 1.67. The number of nitro groups is 1. The maximum Gasteiger partial charge on any atom is 1.00 e. The predicted molar refractivity (Wildman–Crippen MR) is 47.2 cm³/mol. The van der Waals surface area contributed by atoms with E-state index in [0.717, 1.165) is 6.07 Å². The van der Waals surface area contributed by atoms with Gasteiger partial charge in [-0.1, -0.05) is 0 Å². The largest absolute Gasteiger partial charge is 1.00 e. The molecule has 1 aromatic rings. The number of carboxylic acids is 1. The van der Waals surface area contributed by atoms with Crippen LogP contribution >= 0.6 is 0 Å². The van der Waals surface area contributed by atoms with Crippen LogP contribution in [-0.4, -0.2) is 23.9 Å². The van der Waals surface area contributed by atoms with Gasteiger partial charge < -0.3 is 9.90 Å². The van der Waals surface area contributed by atoms with E-state index in [0.29, 0.717) is 12.1 Å². The van der Waals surface area contributed by atoms with E-state index in [1.54, 1.807) is 0 Å². The summed E-state index contributed by atoms with van der Waals surface area (Å²) >= 11 is 0. The van der Waals surface area contributed by atoms with Gasteiger partial charge in [0.15, 0.2) is 0 Å². The van der Waals surface area contributed by atoms with Crippen molar-refractivity contribution in [3.8, 4) is 0 Å². The first-order valence-electron chi connectivity index (χ1n) is 3.71. The van der Waals surface area contributed by atoms with Gasteiger partial charge in [0.1, 0.15) is 4.90 Å². The Balaban J connectivity index is 0.00000256. The Kier molecular flexibility index (Phi) is 5.87. The zero-order valence-electron chi connectivity index (χ0n) is 8.48. The Bertz CT molecular complexity index is 568. The summed E-state index contributed by atoms with van der Waals surface area (Å²) in [5.41, 5.74) is -1.49. The van der Waals surface area contributed by atoms with E-state index in [2.05, 4.69) is 0 Å². The Morgan fingerprint density at radius 2 is 1.88 bits per heavy atom. The van der Waals surface area contributed by atoms with Crippen LogP contribution in [-0.2, 0) is 10.1 Å². The minimum atomic E-state index is -4.86. The second kappa shape index (κ2) is 6.00. The molecule has 86 valence electrons. The summed E-state index contributed by atoms with van der Waals surface area (Å²) in [6.07, 6.45) is 0. The number of nitrogens with zero attached hydrogens (tertiary/aromatic N) is 1. The molecule has 0 aliphatic carbocycles. The van der Waals surface area contributed by atoms with Gasteiger partial charge in [0.05, 0.1) is 10.9 Å². The molecule has 0 atom stereocenters. The van der Waals surface area contributed by atoms with Crippen molar-refractivity contribution in [2.24, 2.45) is 0 Å². The number of carboxylic acid groups (broad SMARTS) is 1. The molecular formula is C7H4KNO7S. The van der Waals surface area contributed by atoms with Crippen LogP contribution in [0.2, 0.25) is 0 Å². The number of benzene rings is 1. The van der Waals surface area contributed by atoms with Gasteiger partial charge in [0.25, 0.3) is 15.8 Å². The smallest absolute Gasteiger partial charge is 0.545 e. The first-order chi connectivity index (χ1) is 7.23. The molecule has 0 aliphatic rings. The fourth-order valence-corrected chi connectivity index (χ4v) is 1.71. The van der Waals surface area contributed by atoms with Crippen molar-refractivity contribution >= 4 is 21.8 Å². The topological polar surface area (TPSA) is 138 Å². The first-order valence-corrected chi connectivity index (χ1v) is 5.15. The van der Waals surface area contributed by atoms with Crippen molar-refractivity contribution in [1.29, 1.82) is 0 Å². The molecule has 0 saturated carbocycles. The number of non-ortho nitro benzene ring substituents is 1. The molecule has 0 heterocycles. The maximum atomic E-state index is 10.8. The summed E-state index contributed by atoms with van der Waals surface area (Å²) in [6.45, 7) is 0. The van der Waals surface area contributed by atoms with Gasteiger partial charge >= 0.3 is 51.4 Å². The zero-order chi connectivity index (χ0) is 12.5. The second-order valence-corrected chi connectivity index (χ2v) is 4.09. The van der Waals surface area contributed by atoms with Gasteiger partial charge in [-0.3, -0.25) is 14.7 Å². The molecule has 0 radical (unpaired) electrons. The average Bonchev–Trinajstić information content (AvgIpc) is 2.15. The molecule has 0 amide bonds. The number of aromatic carboxylic acids is 1. The van der Waals surface area contributed by atoms with E-state index in [4.69, 9.17) is 4.55 Å². The fourth-order valence-electron chi connectivity index (χ4n) is 1.01. The molecule has 1 rings (SSSR count). The van der Waals surface area contributed by atoms with Crippen molar-refractivity contribution in [2.75, 3.05) is 0 Å². The van der Waals surface area contributed by atoms with Crippen molar-refractivity contribution in [2.45, 2.75) is 4.90 Å². The third-order valence-corrected chi connectivity index (χ3v) is 2.57. The number of hydrogen-bond acceptors (Lipinski definition) is 6. The van der Waals surface area contributed by atoms with E-state index in [1.165, 1.54) is 0 Å². The van der Waals surface area contributed by atoms with Crippen LogP contribution in [0.4, 0.5) is 5.69 Å². The van der Waals surface area contributed by atoms with Crippen LogP contribution in [0.1, 0.15) is 10.4 Å². The maximum absolute atomic E-state index is 10.8. The Morgan fingerprint density at radius 1 is 1.35 bits per heavy atom. The van der Waals surface area contributed by atoms with Crippen LogP contribution in [0.3, 0.4) is 0 Å². The summed E-state index contributed by atoms with van der Waals surface area (Å²) in [6, 6.07) is 1.91.